The first-order valence-corrected chi connectivity index (χ1v) is 7.68. The lowest BCUT2D eigenvalue weighted by molar-refractivity contribution is -0.130. The highest BCUT2D eigenvalue weighted by atomic mass is 16.5. The molecule has 1 saturated heterocycles. The molecule has 0 unspecified atom stereocenters. The number of carbonyl (C=O) groups excluding carboxylic acids is 2. The van der Waals surface area contributed by atoms with Gasteiger partial charge in [-0.3, -0.25) is 9.59 Å². The molecule has 1 aromatic rings. The number of carbonyl (C=O) groups is 2. The van der Waals surface area contributed by atoms with Crippen LogP contribution in [0.5, 0.6) is 5.75 Å². The summed E-state index contributed by atoms with van der Waals surface area (Å²) in [6.07, 6.45) is 1.77. The molecule has 116 valence electrons. The molecule has 0 aromatic heterocycles. The van der Waals surface area contributed by atoms with E-state index in [1.54, 1.807) is 11.8 Å². The van der Waals surface area contributed by atoms with Crippen LogP contribution in [0, 0.1) is 6.92 Å². The number of ether oxygens (including phenoxy) is 1. The van der Waals surface area contributed by atoms with E-state index in [0.29, 0.717) is 49.2 Å². The summed E-state index contributed by atoms with van der Waals surface area (Å²) < 4.78 is 6.19. The maximum absolute atomic E-state index is 12.5. The molecule has 1 spiro atoms. The van der Waals surface area contributed by atoms with Crippen LogP contribution in [-0.2, 0) is 4.79 Å². The van der Waals surface area contributed by atoms with Gasteiger partial charge in [-0.1, -0.05) is 18.2 Å². The fraction of sp³-hybridized carbons (Fsp3) is 0.444. The fourth-order valence-electron chi connectivity index (χ4n) is 3.27. The van der Waals surface area contributed by atoms with Crippen molar-refractivity contribution in [1.29, 1.82) is 0 Å². The summed E-state index contributed by atoms with van der Waals surface area (Å²) >= 11 is 0. The number of hydrogen-bond acceptors (Lipinski definition) is 3. The van der Waals surface area contributed by atoms with E-state index in [0.717, 1.165) is 5.56 Å². The summed E-state index contributed by atoms with van der Waals surface area (Å²) in [6.45, 7) is 8.63. The van der Waals surface area contributed by atoms with Gasteiger partial charge in [-0.15, -0.1) is 0 Å². The Morgan fingerprint density at radius 2 is 2.00 bits per heavy atom. The third-order valence-electron chi connectivity index (χ3n) is 4.57. The minimum absolute atomic E-state index is 0.00647. The Bertz CT molecular complexity index is 654. The van der Waals surface area contributed by atoms with Crippen LogP contribution in [0.3, 0.4) is 0 Å². The van der Waals surface area contributed by atoms with E-state index in [9.17, 15) is 9.59 Å². The van der Waals surface area contributed by atoms with Gasteiger partial charge in [0, 0.05) is 31.5 Å². The second-order valence-corrected chi connectivity index (χ2v) is 6.46. The molecule has 1 aromatic carbocycles. The first-order valence-electron chi connectivity index (χ1n) is 7.68. The maximum atomic E-state index is 12.5. The lowest BCUT2D eigenvalue weighted by Gasteiger charge is -2.44. The number of ketones is 1. The summed E-state index contributed by atoms with van der Waals surface area (Å²) in [5, 5.41) is 0. The molecular formula is C18H21NO3. The first kappa shape index (κ1) is 14.8. The molecular weight excluding hydrogens is 278 g/mol. The number of Topliss-reactive ketones (excluding diaryl/α,β-unsaturated/α-hetero) is 1. The van der Waals surface area contributed by atoms with Crippen LogP contribution in [0.2, 0.25) is 0 Å². The first-order chi connectivity index (χ1) is 10.4. The van der Waals surface area contributed by atoms with Gasteiger partial charge in [0.05, 0.1) is 12.0 Å². The predicted molar refractivity (Wildman–Crippen MR) is 84.1 cm³/mol. The van der Waals surface area contributed by atoms with E-state index in [1.807, 2.05) is 25.1 Å². The summed E-state index contributed by atoms with van der Waals surface area (Å²) in [6, 6.07) is 5.74. The number of hydrogen-bond donors (Lipinski definition) is 0. The number of benzene rings is 1. The van der Waals surface area contributed by atoms with Gasteiger partial charge in [0.1, 0.15) is 11.4 Å². The second-order valence-electron chi connectivity index (χ2n) is 6.46. The number of piperidine rings is 1. The van der Waals surface area contributed by atoms with Crippen molar-refractivity contribution in [2.45, 2.75) is 38.7 Å². The monoisotopic (exact) mass is 299 g/mol. The normalized spacial score (nSPS) is 19.5. The summed E-state index contributed by atoms with van der Waals surface area (Å²) in [7, 11) is 0. The highest BCUT2D eigenvalue weighted by Crippen LogP contribution is 2.39. The molecule has 0 aliphatic carbocycles. The highest BCUT2D eigenvalue weighted by molar-refractivity contribution is 6.00. The van der Waals surface area contributed by atoms with Crippen LogP contribution < -0.4 is 4.74 Å². The molecule has 2 aliphatic heterocycles. The fourth-order valence-corrected chi connectivity index (χ4v) is 3.27. The van der Waals surface area contributed by atoms with Crippen LogP contribution in [0.15, 0.2) is 30.4 Å². The van der Waals surface area contributed by atoms with Crippen molar-refractivity contribution in [2.75, 3.05) is 13.1 Å². The molecule has 4 heteroatoms. The average molecular weight is 299 g/mol. The van der Waals surface area contributed by atoms with Gasteiger partial charge >= 0.3 is 0 Å². The van der Waals surface area contributed by atoms with Gasteiger partial charge in [0.25, 0.3) is 0 Å². The third kappa shape index (κ3) is 2.54. The lowest BCUT2D eigenvalue weighted by atomic mass is 9.82. The minimum atomic E-state index is -0.453. The molecule has 0 N–H and O–H groups in total. The number of nitrogens with zero attached hydrogens (tertiary/aromatic N) is 1. The Kier molecular flexibility index (Phi) is 3.55. The summed E-state index contributed by atoms with van der Waals surface area (Å²) in [5.74, 6) is 0.819. The predicted octanol–water partition coefficient (Wildman–Crippen LogP) is 2.90. The Hall–Kier alpha value is -2.10. The van der Waals surface area contributed by atoms with E-state index in [2.05, 4.69) is 6.58 Å². The zero-order chi connectivity index (χ0) is 15.9. The molecule has 2 heterocycles. The molecule has 1 fully saturated rings. The van der Waals surface area contributed by atoms with Crippen molar-refractivity contribution in [2.24, 2.45) is 0 Å². The van der Waals surface area contributed by atoms with Crippen molar-refractivity contribution in [3.63, 3.8) is 0 Å². The maximum Gasteiger partial charge on any atom is 0.248 e. The third-order valence-corrected chi connectivity index (χ3v) is 4.57. The van der Waals surface area contributed by atoms with Crippen molar-refractivity contribution >= 4 is 11.7 Å². The summed E-state index contributed by atoms with van der Waals surface area (Å²) in [4.78, 5) is 26.2. The van der Waals surface area contributed by atoms with Crippen molar-refractivity contribution < 1.29 is 14.3 Å². The van der Waals surface area contributed by atoms with E-state index < -0.39 is 5.60 Å². The van der Waals surface area contributed by atoms with Crippen molar-refractivity contribution in [1.82, 2.24) is 4.90 Å². The van der Waals surface area contributed by atoms with Crippen LogP contribution >= 0.6 is 0 Å². The van der Waals surface area contributed by atoms with Gasteiger partial charge in [0.2, 0.25) is 5.91 Å². The molecule has 0 atom stereocenters. The number of rotatable bonds is 1. The molecule has 0 saturated carbocycles. The molecule has 22 heavy (non-hydrogen) atoms. The second kappa shape index (κ2) is 5.27. The van der Waals surface area contributed by atoms with E-state index in [1.165, 1.54) is 0 Å². The number of amides is 1. The van der Waals surface area contributed by atoms with Gasteiger partial charge < -0.3 is 9.64 Å². The smallest absolute Gasteiger partial charge is 0.248 e. The zero-order valence-corrected chi connectivity index (χ0v) is 13.1. The Morgan fingerprint density at radius 1 is 1.32 bits per heavy atom. The van der Waals surface area contributed by atoms with E-state index >= 15 is 0 Å². The van der Waals surface area contributed by atoms with Crippen molar-refractivity contribution in [3.05, 3.63) is 41.5 Å². The van der Waals surface area contributed by atoms with Gasteiger partial charge in [-0.25, -0.2) is 0 Å². The standard InChI is InChI=1S/C18H21NO3/c1-12(2)17(21)19-8-6-18(7-9-19)11-15(20)14-10-13(3)4-5-16(14)22-18/h4-5,10H,1,6-9,11H2,2-3H3. The van der Waals surface area contributed by atoms with Gasteiger partial charge in [0.15, 0.2) is 5.78 Å². The van der Waals surface area contributed by atoms with Crippen LogP contribution in [0.4, 0.5) is 0 Å². The quantitative estimate of drug-likeness (QED) is 0.749. The van der Waals surface area contributed by atoms with Crippen LogP contribution in [0.25, 0.3) is 0 Å². The number of fused-ring (bicyclic) bond motifs is 1. The molecule has 0 bridgehead atoms. The molecule has 3 rings (SSSR count). The Balaban J connectivity index is 1.78. The topological polar surface area (TPSA) is 46.6 Å². The SMILES string of the molecule is C=C(C)C(=O)N1CCC2(CC1)CC(=O)c1cc(C)ccc1O2. The number of likely N-dealkylation sites (tertiary alicyclic amines) is 1. The molecule has 4 nitrogen and oxygen atoms in total. The molecule has 0 radical (unpaired) electrons. The zero-order valence-electron chi connectivity index (χ0n) is 13.1. The minimum Gasteiger partial charge on any atom is -0.486 e. The summed E-state index contributed by atoms with van der Waals surface area (Å²) in [5.41, 5.74) is 1.85. The number of aryl methyl sites for hydroxylation is 1. The molecule has 2 aliphatic rings. The molecule has 1 amide bonds. The highest BCUT2D eigenvalue weighted by Gasteiger charge is 2.43. The Labute approximate surface area is 130 Å². The van der Waals surface area contributed by atoms with Crippen LogP contribution in [0.1, 0.15) is 42.1 Å². The Morgan fingerprint density at radius 3 is 2.64 bits per heavy atom. The van der Waals surface area contributed by atoms with Crippen LogP contribution in [-0.4, -0.2) is 35.3 Å². The average Bonchev–Trinajstić information content (AvgIpc) is 2.48. The van der Waals surface area contributed by atoms with Gasteiger partial charge in [-0.2, -0.15) is 0 Å². The van der Waals surface area contributed by atoms with Gasteiger partial charge in [-0.05, 0) is 26.0 Å². The van der Waals surface area contributed by atoms with E-state index in [-0.39, 0.29) is 11.7 Å². The largest absolute Gasteiger partial charge is 0.486 e. The lowest BCUT2D eigenvalue weighted by Crippen LogP contribution is -2.52. The van der Waals surface area contributed by atoms with E-state index in [4.69, 9.17) is 4.74 Å². The van der Waals surface area contributed by atoms with Crippen molar-refractivity contribution in [3.8, 4) is 5.75 Å².